The van der Waals surface area contributed by atoms with Crippen molar-refractivity contribution in [2.45, 2.75) is 52.3 Å². The maximum Gasteiger partial charge on any atom is 0.288 e. The molecule has 0 saturated carbocycles. The monoisotopic (exact) mass is 570 g/mol. The van der Waals surface area contributed by atoms with E-state index < -0.39 is 18.0 Å². The summed E-state index contributed by atoms with van der Waals surface area (Å²) < 4.78 is 15.2. The Labute approximate surface area is 243 Å². The van der Waals surface area contributed by atoms with Crippen LogP contribution in [0.4, 0.5) is 4.39 Å². The molecule has 5 heterocycles. The Kier molecular flexibility index (Phi) is 7.46. The third-order valence-electron chi connectivity index (χ3n) is 7.88. The van der Waals surface area contributed by atoms with Crippen LogP contribution in [0.2, 0.25) is 0 Å². The summed E-state index contributed by atoms with van der Waals surface area (Å²) in [4.78, 5) is 41.7. The number of aromatic amines is 1. The summed E-state index contributed by atoms with van der Waals surface area (Å²) in [5.41, 5.74) is 7.30. The Morgan fingerprint density at radius 1 is 1.14 bits per heavy atom. The number of halogens is 1. The van der Waals surface area contributed by atoms with E-state index in [-0.39, 0.29) is 17.8 Å². The van der Waals surface area contributed by atoms with E-state index in [0.717, 1.165) is 37.2 Å². The number of amides is 1. The summed E-state index contributed by atoms with van der Waals surface area (Å²) in [5, 5.41) is 2.70. The highest BCUT2D eigenvalue weighted by molar-refractivity contribution is 6.37. The maximum atomic E-state index is 15.2. The summed E-state index contributed by atoms with van der Waals surface area (Å²) in [5.74, 6) is 0.321. The van der Waals surface area contributed by atoms with Gasteiger partial charge in [0.1, 0.15) is 11.5 Å². The molecule has 0 radical (unpaired) electrons. The van der Waals surface area contributed by atoms with E-state index in [1.165, 1.54) is 11.6 Å². The molecule has 4 aromatic rings. The van der Waals surface area contributed by atoms with Gasteiger partial charge in [-0.2, -0.15) is 0 Å². The van der Waals surface area contributed by atoms with Crippen molar-refractivity contribution in [2.75, 3.05) is 20.1 Å². The Morgan fingerprint density at radius 2 is 1.95 bits per heavy atom. The molecule has 1 saturated heterocycles. The van der Waals surface area contributed by atoms with Crippen molar-refractivity contribution in [1.29, 1.82) is 0 Å². The minimum Gasteiger partial charge on any atom is -0.345 e. The predicted octanol–water partition coefficient (Wildman–Crippen LogP) is 4.56. The lowest BCUT2D eigenvalue weighted by atomic mass is 9.90. The summed E-state index contributed by atoms with van der Waals surface area (Å²) in [6, 6.07) is 10.9. The van der Waals surface area contributed by atoms with Crippen molar-refractivity contribution in [3.05, 3.63) is 65.7 Å². The summed E-state index contributed by atoms with van der Waals surface area (Å²) in [7, 11) is 2.16. The first kappa shape index (κ1) is 27.9. The smallest absolute Gasteiger partial charge is 0.288 e. The van der Waals surface area contributed by atoms with Gasteiger partial charge in [0, 0.05) is 35.5 Å². The Hall–Kier alpha value is -4.22. The zero-order valence-electron chi connectivity index (χ0n) is 24.2. The Balaban J connectivity index is 1.17. The van der Waals surface area contributed by atoms with Gasteiger partial charge < -0.3 is 15.2 Å². The van der Waals surface area contributed by atoms with Crippen LogP contribution in [0.1, 0.15) is 50.7 Å². The average molecular weight is 571 g/mol. The summed E-state index contributed by atoms with van der Waals surface area (Å²) in [6.07, 6.45) is 5.40. The number of aliphatic imine (C=N–C) groups is 1. The lowest BCUT2D eigenvalue weighted by Crippen LogP contribution is -2.37. The van der Waals surface area contributed by atoms with E-state index in [9.17, 15) is 4.79 Å². The molecule has 3 N–H and O–H groups in total. The molecular weight excluding hydrogens is 535 g/mol. The number of fused-ring (bicyclic) bond motifs is 1. The molecule has 0 spiro atoms. The molecule has 1 atom stereocenters. The quantitative estimate of drug-likeness (QED) is 0.311. The number of carbonyl (C=O) groups is 1. The average Bonchev–Trinajstić information content (AvgIpc) is 3.65. The van der Waals surface area contributed by atoms with Crippen molar-refractivity contribution in [2.24, 2.45) is 10.4 Å². The van der Waals surface area contributed by atoms with Crippen molar-refractivity contribution >= 4 is 22.9 Å². The minimum absolute atomic E-state index is 0.00498. The van der Waals surface area contributed by atoms with Gasteiger partial charge in [0.25, 0.3) is 5.91 Å². The van der Waals surface area contributed by atoms with E-state index >= 15 is 4.39 Å². The first-order valence-electron chi connectivity index (χ1n) is 14.2. The van der Waals surface area contributed by atoms with Crippen molar-refractivity contribution < 1.29 is 14.0 Å². The zero-order chi connectivity index (χ0) is 29.4. The first-order chi connectivity index (χ1) is 20.2. The van der Waals surface area contributed by atoms with Gasteiger partial charge in [-0.1, -0.05) is 39.0 Å². The molecule has 2 aliphatic rings. The number of hydrogen-bond donors (Lipinski definition) is 3. The van der Waals surface area contributed by atoms with Crippen LogP contribution < -0.4 is 10.8 Å². The maximum absolute atomic E-state index is 15.2. The normalized spacial score (nSPS) is 18.2. The number of hydrogen-bond acceptors (Lipinski definition) is 8. The second-order valence-corrected chi connectivity index (χ2v) is 12.1. The molecule has 10 nitrogen and oxygen atoms in total. The molecule has 1 fully saturated rings. The second-order valence-electron chi connectivity index (χ2n) is 12.1. The lowest BCUT2D eigenvalue weighted by Gasteiger charge is -2.28. The third kappa shape index (κ3) is 5.75. The van der Waals surface area contributed by atoms with Crippen LogP contribution in [0, 0.1) is 11.2 Å². The first-order valence-corrected chi connectivity index (χ1v) is 14.2. The molecule has 42 heavy (non-hydrogen) atoms. The fraction of sp³-hybridized carbons (Fsp3) is 0.387. The van der Waals surface area contributed by atoms with Crippen LogP contribution >= 0.6 is 0 Å². The van der Waals surface area contributed by atoms with Gasteiger partial charge in [-0.15, -0.1) is 0 Å². The molecule has 6 rings (SSSR count). The van der Waals surface area contributed by atoms with E-state index in [1.807, 2.05) is 45.2 Å². The van der Waals surface area contributed by atoms with Gasteiger partial charge in [-0.25, -0.2) is 29.7 Å². The van der Waals surface area contributed by atoms with E-state index in [2.05, 4.69) is 48.8 Å². The van der Waals surface area contributed by atoms with Crippen LogP contribution in [-0.4, -0.2) is 62.9 Å². The fourth-order valence-corrected chi connectivity index (χ4v) is 5.28. The van der Waals surface area contributed by atoms with E-state index in [4.69, 9.17) is 9.82 Å². The minimum atomic E-state index is -0.478. The van der Waals surface area contributed by atoms with Crippen LogP contribution in [0.5, 0.6) is 0 Å². The number of H-pyrrole nitrogens is 1. The molecule has 2 aliphatic heterocycles. The van der Waals surface area contributed by atoms with Gasteiger partial charge in [-0.05, 0) is 68.2 Å². The van der Waals surface area contributed by atoms with Crippen molar-refractivity contribution in [1.82, 2.24) is 35.6 Å². The van der Waals surface area contributed by atoms with Gasteiger partial charge >= 0.3 is 0 Å². The molecule has 1 unspecified atom stereocenters. The standard InChI is InChI=1S/C31H35FN8O2/c1-31(2,3)30-38-28(39-42-30)29(41)35-17-21-6-5-19(15-23(21)32)22-9-12-33-27-25(22)36-26(37-27)24-8-7-20(16-34-24)18-10-13-40(4)14-11-18/h5-9,12,15-16,18,30H,10-11,13-14,17H2,1-4H3,(H,35,41)(H,38,39)(H,33,36,37). The number of nitrogens with zero attached hydrogens (tertiary/aromatic N) is 5. The van der Waals surface area contributed by atoms with Crippen molar-refractivity contribution in [3.8, 4) is 22.6 Å². The SMILES string of the molecule is CN1CCC(c2ccc(-c3nc4nccc(-c5ccc(CNC(=O)C6=NC(C(C)(C)C)ON6)c(F)c5)c4[nH]3)nc2)CC1. The molecule has 11 heteroatoms. The number of carbonyl (C=O) groups excluding carboxylic acids is 1. The molecular formula is C31H35FN8O2. The van der Waals surface area contributed by atoms with Crippen LogP contribution in [0.3, 0.4) is 0 Å². The number of piperidine rings is 1. The zero-order valence-corrected chi connectivity index (χ0v) is 24.2. The van der Waals surface area contributed by atoms with Crippen LogP contribution in [0.15, 0.2) is 53.8 Å². The van der Waals surface area contributed by atoms with E-state index in [0.29, 0.717) is 34.0 Å². The topological polar surface area (TPSA) is 120 Å². The highest BCUT2D eigenvalue weighted by Crippen LogP contribution is 2.31. The number of likely N-dealkylation sites (tertiary alicyclic amines) is 1. The number of rotatable bonds is 6. The number of pyridine rings is 2. The number of benzene rings is 1. The van der Waals surface area contributed by atoms with Crippen LogP contribution in [0.25, 0.3) is 33.8 Å². The van der Waals surface area contributed by atoms with Crippen LogP contribution in [-0.2, 0) is 16.2 Å². The highest BCUT2D eigenvalue weighted by Gasteiger charge is 2.32. The van der Waals surface area contributed by atoms with Crippen molar-refractivity contribution in [3.63, 3.8) is 0 Å². The van der Waals surface area contributed by atoms with Gasteiger partial charge in [0.2, 0.25) is 5.84 Å². The third-order valence-corrected chi connectivity index (χ3v) is 7.88. The Bertz CT molecular complexity index is 1640. The predicted molar refractivity (Wildman–Crippen MR) is 159 cm³/mol. The molecule has 1 amide bonds. The summed E-state index contributed by atoms with van der Waals surface area (Å²) in [6.45, 7) is 8.10. The Morgan fingerprint density at radius 3 is 2.64 bits per heavy atom. The largest absolute Gasteiger partial charge is 0.345 e. The number of amidine groups is 1. The molecule has 3 aromatic heterocycles. The number of hydroxylamine groups is 1. The molecule has 218 valence electrons. The fourth-order valence-electron chi connectivity index (χ4n) is 5.28. The molecule has 0 aliphatic carbocycles. The van der Waals surface area contributed by atoms with Gasteiger partial charge in [0.15, 0.2) is 17.7 Å². The number of nitrogens with one attached hydrogen (secondary N) is 3. The molecule has 1 aromatic carbocycles. The second kappa shape index (κ2) is 11.2. The van der Waals surface area contributed by atoms with Gasteiger partial charge in [0.05, 0.1) is 5.52 Å². The van der Waals surface area contributed by atoms with E-state index in [1.54, 1.807) is 12.3 Å². The van der Waals surface area contributed by atoms with Gasteiger partial charge in [-0.3, -0.25) is 9.78 Å². The number of imidazole rings is 1. The lowest BCUT2D eigenvalue weighted by molar-refractivity contribution is -0.115. The molecule has 0 bridgehead atoms. The summed E-state index contributed by atoms with van der Waals surface area (Å²) >= 11 is 0. The number of aromatic nitrogens is 4. The highest BCUT2D eigenvalue weighted by atomic mass is 19.1.